The van der Waals surface area contributed by atoms with Crippen molar-refractivity contribution in [3.8, 4) is 0 Å². The molecule has 1 amide bonds. The predicted molar refractivity (Wildman–Crippen MR) is 119 cm³/mol. The van der Waals surface area contributed by atoms with E-state index in [1.807, 2.05) is 12.1 Å². The Bertz CT molecular complexity index is 1290. The van der Waals surface area contributed by atoms with E-state index in [4.69, 9.17) is 4.74 Å². The van der Waals surface area contributed by atoms with Crippen molar-refractivity contribution in [2.45, 2.75) is 25.2 Å². The zero-order valence-electron chi connectivity index (χ0n) is 17.2. The molecule has 0 unspecified atom stereocenters. The van der Waals surface area contributed by atoms with Crippen LogP contribution in [0.3, 0.4) is 0 Å². The summed E-state index contributed by atoms with van der Waals surface area (Å²) < 4.78 is 33.0. The number of pyridine rings is 1. The van der Waals surface area contributed by atoms with Crippen LogP contribution in [0.4, 0.5) is 14.6 Å². The second-order valence-electron chi connectivity index (χ2n) is 7.94. The Balaban J connectivity index is 1.30. The molecule has 0 spiro atoms. The van der Waals surface area contributed by atoms with Crippen LogP contribution in [-0.4, -0.2) is 41.3 Å². The van der Waals surface area contributed by atoms with Crippen LogP contribution < -0.4 is 10.6 Å². The van der Waals surface area contributed by atoms with Gasteiger partial charge in [-0.1, -0.05) is 12.1 Å². The molecule has 8 heteroatoms. The minimum Gasteiger partial charge on any atom is -0.378 e. The zero-order chi connectivity index (χ0) is 22.1. The average Bonchev–Trinajstić information content (AvgIpc) is 3.23. The fourth-order valence-electron chi connectivity index (χ4n) is 3.97. The predicted octanol–water partition coefficient (Wildman–Crippen LogP) is 4.32. The van der Waals surface area contributed by atoms with Gasteiger partial charge in [-0.3, -0.25) is 4.79 Å². The number of carbonyl (C=O) groups excluding carboxylic acids is 1. The van der Waals surface area contributed by atoms with Gasteiger partial charge in [0.15, 0.2) is 0 Å². The topological polar surface area (TPSA) is 79.0 Å². The largest absolute Gasteiger partial charge is 0.378 e. The van der Waals surface area contributed by atoms with Crippen molar-refractivity contribution in [2.24, 2.45) is 0 Å². The van der Waals surface area contributed by atoms with Crippen LogP contribution in [-0.2, 0) is 11.3 Å². The molecule has 1 aliphatic heterocycles. The number of hydrogen-bond acceptors (Lipinski definition) is 4. The van der Waals surface area contributed by atoms with Crippen molar-refractivity contribution >= 4 is 33.4 Å². The minimum atomic E-state index is -1.09. The molecular formula is C24H22F2N4O2. The first-order valence-electron chi connectivity index (χ1n) is 10.5. The van der Waals surface area contributed by atoms with Gasteiger partial charge in [-0.25, -0.2) is 13.8 Å². The van der Waals surface area contributed by atoms with Gasteiger partial charge in [0.2, 0.25) is 0 Å². The van der Waals surface area contributed by atoms with E-state index >= 15 is 0 Å². The van der Waals surface area contributed by atoms with E-state index in [-0.39, 0.29) is 30.9 Å². The first kappa shape index (κ1) is 20.4. The number of halogens is 2. The smallest absolute Gasteiger partial charge is 0.251 e. The Morgan fingerprint density at radius 3 is 2.94 bits per heavy atom. The van der Waals surface area contributed by atoms with E-state index in [0.29, 0.717) is 41.0 Å². The highest BCUT2D eigenvalue weighted by atomic mass is 19.1. The summed E-state index contributed by atoms with van der Waals surface area (Å²) in [5.41, 5.74) is 1.89. The van der Waals surface area contributed by atoms with Gasteiger partial charge in [-0.15, -0.1) is 0 Å². The van der Waals surface area contributed by atoms with Gasteiger partial charge in [-0.2, -0.15) is 0 Å². The summed E-state index contributed by atoms with van der Waals surface area (Å²) in [7, 11) is 0. The molecule has 0 bridgehead atoms. The molecule has 32 heavy (non-hydrogen) atoms. The van der Waals surface area contributed by atoms with E-state index in [1.165, 1.54) is 6.07 Å². The normalized spacial score (nSPS) is 18.7. The van der Waals surface area contributed by atoms with Gasteiger partial charge >= 0.3 is 0 Å². The number of aromatic nitrogens is 2. The number of fused-ring (bicyclic) bond motifs is 2. The van der Waals surface area contributed by atoms with Gasteiger partial charge in [0.25, 0.3) is 5.91 Å². The van der Waals surface area contributed by atoms with Crippen LogP contribution >= 0.6 is 0 Å². The molecule has 3 N–H and O–H groups in total. The van der Waals surface area contributed by atoms with Crippen molar-refractivity contribution in [1.29, 1.82) is 0 Å². The summed E-state index contributed by atoms with van der Waals surface area (Å²) in [5.74, 6) is 0.0130. The number of benzene rings is 2. The fraction of sp³-hybridized carbons (Fsp3) is 0.250. The van der Waals surface area contributed by atoms with Crippen molar-refractivity contribution in [3.63, 3.8) is 0 Å². The van der Waals surface area contributed by atoms with Crippen LogP contribution in [0.5, 0.6) is 0 Å². The van der Waals surface area contributed by atoms with Crippen molar-refractivity contribution in [1.82, 2.24) is 15.3 Å². The molecule has 0 saturated carbocycles. The molecule has 0 radical (unpaired) electrons. The van der Waals surface area contributed by atoms with Gasteiger partial charge < -0.3 is 20.4 Å². The first-order valence-corrected chi connectivity index (χ1v) is 10.5. The highest BCUT2D eigenvalue weighted by molar-refractivity contribution is 5.98. The van der Waals surface area contributed by atoms with E-state index < -0.39 is 6.17 Å². The van der Waals surface area contributed by atoms with Crippen LogP contribution in [0.1, 0.15) is 22.5 Å². The molecule has 4 aromatic rings. The number of carbonyl (C=O) groups is 1. The molecule has 2 aromatic carbocycles. The standard InChI is InChI=1S/C24H22F2N4O2/c25-19-2-1-3-21-18(19)10-17(29-21)12-28-24(31)14-4-5-15-11-27-23(9-16(15)8-14)30-22-6-7-32-13-20(22)26/h1-5,8-11,20,22,29H,6-7,12-13H2,(H,27,30)(H,28,31)/t20-,22+/m1/s1. The van der Waals surface area contributed by atoms with E-state index in [0.717, 1.165) is 10.8 Å². The molecule has 2 aromatic heterocycles. The summed E-state index contributed by atoms with van der Waals surface area (Å²) in [6.07, 6.45) is 1.18. The summed E-state index contributed by atoms with van der Waals surface area (Å²) in [4.78, 5) is 20.2. The maximum Gasteiger partial charge on any atom is 0.251 e. The SMILES string of the molecule is O=C(NCc1cc2c(F)cccc2[nH]1)c1ccc2cnc(N[C@H]3CCOC[C@H]3F)cc2c1. The van der Waals surface area contributed by atoms with Gasteiger partial charge in [0.05, 0.1) is 19.2 Å². The number of alkyl halides is 1. The van der Waals surface area contributed by atoms with Crippen LogP contribution in [0.2, 0.25) is 0 Å². The third-order valence-corrected chi connectivity index (χ3v) is 5.71. The van der Waals surface area contributed by atoms with E-state index in [1.54, 1.807) is 36.5 Å². The second-order valence-corrected chi connectivity index (χ2v) is 7.94. The van der Waals surface area contributed by atoms with E-state index in [2.05, 4.69) is 20.6 Å². The number of anilines is 1. The monoisotopic (exact) mass is 436 g/mol. The number of ether oxygens (including phenoxy) is 1. The minimum absolute atomic E-state index is 0.0819. The zero-order valence-corrected chi connectivity index (χ0v) is 17.2. The van der Waals surface area contributed by atoms with Crippen LogP contribution in [0.25, 0.3) is 21.7 Å². The van der Waals surface area contributed by atoms with Crippen molar-refractivity contribution in [3.05, 3.63) is 71.8 Å². The number of amides is 1. The van der Waals surface area contributed by atoms with Gasteiger partial charge in [0.1, 0.15) is 17.8 Å². The molecule has 3 heterocycles. The molecule has 1 saturated heterocycles. The lowest BCUT2D eigenvalue weighted by Gasteiger charge is -2.27. The number of rotatable bonds is 5. The lowest BCUT2D eigenvalue weighted by atomic mass is 10.1. The number of aromatic amines is 1. The third kappa shape index (κ3) is 4.13. The number of hydrogen-bond donors (Lipinski definition) is 3. The lowest BCUT2D eigenvalue weighted by molar-refractivity contribution is 0.0285. The average molecular weight is 436 g/mol. The van der Waals surface area contributed by atoms with Crippen molar-refractivity contribution < 1.29 is 18.3 Å². The first-order chi connectivity index (χ1) is 15.6. The quantitative estimate of drug-likeness (QED) is 0.435. The molecular weight excluding hydrogens is 414 g/mol. The molecule has 2 atom stereocenters. The highest BCUT2D eigenvalue weighted by Gasteiger charge is 2.25. The van der Waals surface area contributed by atoms with Crippen molar-refractivity contribution in [2.75, 3.05) is 18.5 Å². The number of nitrogens with zero attached hydrogens (tertiary/aromatic N) is 1. The van der Waals surface area contributed by atoms with Gasteiger partial charge in [-0.05, 0) is 48.2 Å². The third-order valence-electron chi connectivity index (χ3n) is 5.71. The molecule has 5 rings (SSSR count). The van der Waals surface area contributed by atoms with Crippen LogP contribution in [0, 0.1) is 5.82 Å². The van der Waals surface area contributed by atoms with Gasteiger partial charge in [0, 0.05) is 40.4 Å². The maximum absolute atomic E-state index is 14.0. The van der Waals surface area contributed by atoms with Crippen LogP contribution in [0.15, 0.2) is 54.7 Å². The summed E-state index contributed by atoms with van der Waals surface area (Å²) in [6, 6.07) is 13.3. The summed E-state index contributed by atoms with van der Waals surface area (Å²) in [6.45, 7) is 0.841. The Labute approximate surface area is 183 Å². The van der Waals surface area contributed by atoms with E-state index in [9.17, 15) is 13.6 Å². The Kier molecular flexibility index (Phi) is 5.45. The fourth-order valence-corrected chi connectivity index (χ4v) is 3.97. The molecule has 164 valence electrons. The Morgan fingerprint density at radius 1 is 1.19 bits per heavy atom. The number of H-pyrrole nitrogens is 1. The summed E-state index contributed by atoms with van der Waals surface area (Å²) >= 11 is 0. The molecule has 1 fully saturated rings. The Morgan fingerprint density at radius 2 is 2.09 bits per heavy atom. The summed E-state index contributed by atoms with van der Waals surface area (Å²) in [5, 5.41) is 8.19. The highest BCUT2D eigenvalue weighted by Crippen LogP contribution is 2.22. The molecule has 6 nitrogen and oxygen atoms in total. The second kappa shape index (κ2) is 8.55. The molecule has 0 aliphatic carbocycles. The number of nitrogens with one attached hydrogen (secondary N) is 3. The lowest BCUT2D eigenvalue weighted by Crippen LogP contribution is -2.39. The maximum atomic E-state index is 14.0. The molecule has 1 aliphatic rings. The Hall–Kier alpha value is -3.52.